The highest BCUT2D eigenvalue weighted by molar-refractivity contribution is 5.76. The molecule has 0 spiro atoms. The maximum Gasteiger partial charge on any atom is 0.220 e. The molecule has 2 atom stereocenters. The third kappa shape index (κ3) is 3.01. The molecule has 0 bridgehead atoms. The van der Waals surface area contributed by atoms with E-state index in [-0.39, 0.29) is 17.9 Å². The highest BCUT2D eigenvalue weighted by Crippen LogP contribution is 2.31. The summed E-state index contributed by atoms with van der Waals surface area (Å²) >= 11 is 0. The lowest BCUT2D eigenvalue weighted by atomic mass is 10.00. The molecular weight excluding hydrogens is 228 g/mol. The third-order valence-corrected chi connectivity index (χ3v) is 3.23. The first-order chi connectivity index (χ1) is 8.70. The zero-order chi connectivity index (χ0) is 13.0. The van der Waals surface area contributed by atoms with Gasteiger partial charge in [-0.1, -0.05) is 25.1 Å². The number of hydrogen-bond donors (Lipinski definition) is 2. The van der Waals surface area contributed by atoms with Crippen molar-refractivity contribution in [3.63, 3.8) is 0 Å². The zero-order valence-corrected chi connectivity index (χ0v) is 10.7. The molecule has 1 amide bonds. The summed E-state index contributed by atoms with van der Waals surface area (Å²) in [6.07, 6.45) is 1.30. The van der Waals surface area contributed by atoms with Gasteiger partial charge in [-0.05, 0) is 18.5 Å². The maximum absolute atomic E-state index is 11.9. The Labute approximate surface area is 108 Å². The van der Waals surface area contributed by atoms with E-state index < -0.39 is 0 Å². The van der Waals surface area contributed by atoms with Crippen LogP contribution < -0.4 is 15.8 Å². The smallest absolute Gasteiger partial charge is 0.220 e. The average molecular weight is 248 g/mol. The second kappa shape index (κ2) is 5.87. The van der Waals surface area contributed by atoms with Crippen molar-refractivity contribution in [2.75, 3.05) is 13.2 Å². The van der Waals surface area contributed by atoms with Gasteiger partial charge in [0.25, 0.3) is 0 Å². The fraction of sp³-hybridized carbons (Fsp3) is 0.500. The number of benzene rings is 1. The molecule has 1 aromatic rings. The normalized spacial score (nSPS) is 19.6. The first-order valence-electron chi connectivity index (χ1n) is 6.42. The average Bonchev–Trinajstić information content (AvgIpc) is 2.39. The standard InChI is InChI=1S/C14H20N2O2/c1-10(9-15)8-14(17)16-12-6-7-18-13-5-3-2-4-11(12)13/h2-5,10,12H,6-9,15H2,1H3,(H,16,17). The molecule has 0 saturated heterocycles. The predicted octanol–water partition coefficient (Wildman–Crippen LogP) is 1.61. The van der Waals surface area contributed by atoms with Crippen molar-refractivity contribution in [2.24, 2.45) is 11.7 Å². The zero-order valence-electron chi connectivity index (χ0n) is 10.7. The number of fused-ring (bicyclic) bond motifs is 1. The first-order valence-corrected chi connectivity index (χ1v) is 6.42. The maximum atomic E-state index is 11.9. The number of para-hydroxylation sites is 1. The summed E-state index contributed by atoms with van der Waals surface area (Å²) in [6, 6.07) is 7.92. The fourth-order valence-corrected chi connectivity index (χ4v) is 2.15. The Hall–Kier alpha value is -1.55. The molecule has 1 aliphatic heterocycles. The Balaban J connectivity index is 2.01. The summed E-state index contributed by atoms with van der Waals surface area (Å²) in [4.78, 5) is 11.9. The van der Waals surface area contributed by atoms with Crippen LogP contribution in [0.15, 0.2) is 24.3 Å². The van der Waals surface area contributed by atoms with Crippen LogP contribution in [0.25, 0.3) is 0 Å². The summed E-state index contributed by atoms with van der Waals surface area (Å²) < 4.78 is 5.57. The van der Waals surface area contributed by atoms with Crippen LogP contribution in [0.3, 0.4) is 0 Å². The van der Waals surface area contributed by atoms with Crippen LogP contribution in [0.1, 0.15) is 31.4 Å². The number of rotatable bonds is 4. The number of ether oxygens (including phenoxy) is 1. The Kier molecular flexibility index (Phi) is 4.20. The minimum Gasteiger partial charge on any atom is -0.493 e. The van der Waals surface area contributed by atoms with E-state index in [2.05, 4.69) is 5.32 Å². The van der Waals surface area contributed by atoms with Crippen LogP contribution in [0.2, 0.25) is 0 Å². The summed E-state index contributed by atoms with van der Waals surface area (Å²) in [5.41, 5.74) is 6.60. The van der Waals surface area contributed by atoms with Crippen molar-refractivity contribution >= 4 is 5.91 Å². The molecule has 98 valence electrons. The number of carbonyl (C=O) groups excluding carboxylic acids is 1. The van der Waals surface area contributed by atoms with E-state index in [4.69, 9.17) is 10.5 Å². The third-order valence-electron chi connectivity index (χ3n) is 3.23. The molecule has 3 N–H and O–H groups in total. The minimum absolute atomic E-state index is 0.0624. The Bertz CT molecular complexity index is 420. The minimum atomic E-state index is 0.0624. The summed E-state index contributed by atoms with van der Waals surface area (Å²) in [5, 5.41) is 3.07. The van der Waals surface area contributed by atoms with E-state index >= 15 is 0 Å². The van der Waals surface area contributed by atoms with Crippen LogP contribution in [0.5, 0.6) is 5.75 Å². The molecule has 0 aromatic heterocycles. The highest BCUT2D eigenvalue weighted by atomic mass is 16.5. The lowest BCUT2D eigenvalue weighted by Gasteiger charge is -2.27. The molecule has 0 saturated carbocycles. The molecule has 0 radical (unpaired) electrons. The number of nitrogens with two attached hydrogens (primary N) is 1. The van der Waals surface area contributed by atoms with Crippen molar-refractivity contribution in [2.45, 2.75) is 25.8 Å². The second-order valence-electron chi connectivity index (χ2n) is 4.84. The quantitative estimate of drug-likeness (QED) is 0.851. The molecule has 1 heterocycles. The van der Waals surface area contributed by atoms with Crippen LogP contribution in [0, 0.1) is 5.92 Å². The predicted molar refractivity (Wildman–Crippen MR) is 70.3 cm³/mol. The molecule has 1 aliphatic rings. The monoisotopic (exact) mass is 248 g/mol. The number of carbonyl (C=O) groups is 1. The topological polar surface area (TPSA) is 64.4 Å². The summed E-state index contributed by atoms with van der Waals surface area (Å²) in [6.45, 7) is 3.17. The summed E-state index contributed by atoms with van der Waals surface area (Å²) in [5.74, 6) is 1.16. The SMILES string of the molecule is CC(CN)CC(=O)NC1CCOc2ccccc21. The van der Waals surface area contributed by atoms with Gasteiger partial charge in [-0.2, -0.15) is 0 Å². The molecule has 18 heavy (non-hydrogen) atoms. The van der Waals surface area contributed by atoms with Crippen LogP contribution in [-0.4, -0.2) is 19.1 Å². The number of amides is 1. The van der Waals surface area contributed by atoms with Gasteiger partial charge < -0.3 is 15.8 Å². The number of nitrogens with one attached hydrogen (secondary N) is 1. The van der Waals surface area contributed by atoms with Gasteiger partial charge in [0.1, 0.15) is 5.75 Å². The van der Waals surface area contributed by atoms with Crippen LogP contribution in [0.4, 0.5) is 0 Å². The first kappa shape index (κ1) is 12.9. The van der Waals surface area contributed by atoms with E-state index in [1.54, 1.807) is 0 Å². The van der Waals surface area contributed by atoms with Crippen molar-refractivity contribution in [1.82, 2.24) is 5.32 Å². The van der Waals surface area contributed by atoms with Crippen molar-refractivity contribution in [1.29, 1.82) is 0 Å². The van der Waals surface area contributed by atoms with Gasteiger partial charge in [0.05, 0.1) is 12.6 Å². The lowest BCUT2D eigenvalue weighted by molar-refractivity contribution is -0.122. The van der Waals surface area contributed by atoms with Gasteiger partial charge in [-0.25, -0.2) is 0 Å². The second-order valence-corrected chi connectivity index (χ2v) is 4.84. The van der Waals surface area contributed by atoms with E-state index in [9.17, 15) is 4.79 Å². The van der Waals surface area contributed by atoms with Crippen molar-refractivity contribution in [3.05, 3.63) is 29.8 Å². The van der Waals surface area contributed by atoms with Crippen molar-refractivity contribution in [3.8, 4) is 5.75 Å². The Morgan fingerprint density at radius 3 is 3.11 bits per heavy atom. The van der Waals surface area contributed by atoms with Gasteiger partial charge in [0.15, 0.2) is 0 Å². The fourth-order valence-electron chi connectivity index (χ4n) is 2.15. The summed E-state index contributed by atoms with van der Waals surface area (Å²) in [7, 11) is 0. The van der Waals surface area contributed by atoms with E-state index in [0.29, 0.717) is 19.6 Å². The molecular formula is C14H20N2O2. The van der Waals surface area contributed by atoms with E-state index in [1.165, 1.54) is 0 Å². The Morgan fingerprint density at radius 1 is 1.56 bits per heavy atom. The van der Waals surface area contributed by atoms with Gasteiger partial charge >= 0.3 is 0 Å². The van der Waals surface area contributed by atoms with Crippen molar-refractivity contribution < 1.29 is 9.53 Å². The van der Waals surface area contributed by atoms with Crippen LogP contribution >= 0.6 is 0 Å². The van der Waals surface area contributed by atoms with Gasteiger partial charge in [-0.15, -0.1) is 0 Å². The Morgan fingerprint density at radius 2 is 2.33 bits per heavy atom. The van der Waals surface area contributed by atoms with Gasteiger partial charge in [0, 0.05) is 18.4 Å². The molecule has 2 unspecified atom stereocenters. The molecule has 1 aromatic carbocycles. The molecule has 0 aliphatic carbocycles. The van der Waals surface area contributed by atoms with Gasteiger partial charge in [0.2, 0.25) is 5.91 Å². The molecule has 2 rings (SSSR count). The van der Waals surface area contributed by atoms with Crippen LogP contribution in [-0.2, 0) is 4.79 Å². The molecule has 0 fully saturated rings. The van der Waals surface area contributed by atoms with Gasteiger partial charge in [-0.3, -0.25) is 4.79 Å². The van der Waals surface area contributed by atoms with E-state index in [1.807, 2.05) is 31.2 Å². The highest BCUT2D eigenvalue weighted by Gasteiger charge is 2.22. The van der Waals surface area contributed by atoms with E-state index in [0.717, 1.165) is 17.7 Å². The molecule has 4 nitrogen and oxygen atoms in total. The lowest BCUT2D eigenvalue weighted by Crippen LogP contribution is -2.33. The largest absolute Gasteiger partial charge is 0.493 e. The molecule has 4 heteroatoms. The number of hydrogen-bond acceptors (Lipinski definition) is 3.